The van der Waals surface area contributed by atoms with E-state index < -0.39 is 0 Å². The van der Waals surface area contributed by atoms with Crippen LogP contribution in [0.5, 0.6) is 0 Å². The lowest BCUT2D eigenvalue weighted by molar-refractivity contribution is -0.550. The van der Waals surface area contributed by atoms with Crippen LogP contribution < -0.4 is 10.6 Å². The van der Waals surface area contributed by atoms with E-state index in [4.69, 9.17) is 5.11 Å². The molecule has 0 aromatic rings. The van der Waals surface area contributed by atoms with Crippen LogP contribution in [0.15, 0.2) is 0 Å². The molecule has 12 heavy (non-hydrogen) atoms. The number of guanidine groups is 1. The van der Waals surface area contributed by atoms with Gasteiger partial charge in [-0.2, -0.15) is 0 Å². The topological polar surface area (TPSA) is 47.3 Å². The van der Waals surface area contributed by atoms with Gasteiger partial charge in [0, 0.05) is 0 Å². The average molecular weight is 172 g/mol. The van der Waals surface area contributed by atoms with E-state index in [0.29, 0.717) is 6.04 Å². The fraction of sp³-hybridized carbons (Fsp3) is 0.875. The predicted molar refractivity (Wildman–Crippen MR) is 48.4 cm³/mol. The van der Waals surface area contributed by atoms with Crippen molar-refractivity contribution in [3.63, 3.8) is 0 Å². The van der Waals surface area contributed by atoms with Crippen LogP contribution in [0.1, 0.15) is 12.8 Å². The molecule has 0 amide bonds. The molecule has 3 N–H and O–H groups in total. The quantitative estimate of drug-likeness (QED) is 0.349. The Morgan fingerprint density at radius 1 is 1.50 bits per heavy atom. The summed E-state index contributed by atoms with van der Waals surface area (Å²) in [5.41, 5.74) is 0. The van der Waals surface area contributed by atoms with E-state index in [2.05, 4.69) is 15.2 Å². The molecule has 70 valence electrons. The van der Waals surface area contributed by atoms with E-state index in [1.807, 2.05) is 14.1 Å². The van der Waals surface area contributed by atoms with Crippen molar-refractivity contribution in [3.8, 4) is 0 Å². The van der Waals surface area contributed by atoms with Crippen molar-refractivity contribution >= 4 is 5.96 Å². The third kappa shape index (κ3) is 1.69. The summed E-state index contributed by atoms with van der Waals surface area (Å²) in [7, 11) is 3.77. The SMILES string of the molecule is CNC(NC)=[N+]1CCCC1CO. The minimum absolute atomic E-state index is 0.243. The van der Waals surface area contributed by atoms with Gasteiger partial charge in [0.1, 0.15) is 6.04 Å². The van der Waals surface area contributed by atoms with Crippen LogP contribution in [0, 0.1) is 0 Å². The van der Waals surface area contributed by atoms with Gasteiger partial charge in [-0.25, -0.2) is 0 Å². The Balaban J connectivity index is 2.75. The standard InChI is InChI=1S/C8H17N3O/c1-9-8(10-2)11-5-3-4-7(11)6-12/h7,12H,3-6H2,1-2H3,(H,9,10)/p+1. The molecular formula is C8H18N3O+. The van der Waals surface area contributed by atoms with E-state index in [1.54, 1.807) is 0 Å². The van der Waals surface area contributed by atoms with Gasteiger partial charge in [0.15, 0.2) is 0 Å². The highest BCUT2D eigenvalue weighted by molar-refractivity contribution is 5.74. The number of hydrogen-bond acceptors (Lipinski definition) is 1. The van der Waals surface area contributed by atoms with Gasteiger partial charge in [-0.15, -0.1) is 0 Å². The second kappa shape index (κ2) is 4.30. The molecule has 1 aliphatic rings. The van der Waals surface area contributed by atoms with Crippen molar-refractivity contribution in [2.75, 3.05) is 27.2 Å². The lowest BCUT2D eigenvalue weighted by atomic mass is 10.2. The van der Waals surface area contributed by atoms with Crippen LogP contribution >= 0.6 is 0 Å². The van der Waals surface area contributed by atoms with E-state index in [-0.39, 0.29) is 6.61 Å². The fourth-order valence-electron chi connectivity index (χ4n) is 1.73. The number of rotatable bonds is 1. The number of hydrogen-bond donors (Lipinski definition) is 3. The summed E-state index contributed by atoms with van der Waals surface area (Å²) in [6, 6.07) is 0.292. The van der Waals surface area contributed by atoms with Crippen molar-refractivity contribution in [2.45, 2.75) is 18.9 Å². The molecule has 0 aromatic carbocycles. The third-order valence-electron chi connectivity index (χ3n) is 2.35. The number of nitrogens with zero attached hydrogens (tertiary/aromatic N) is 1. The molecule has 1 heterocycles. The van der Waals surface area contributed by atoms with Crippen molar-refractivity contribution in [2.24, 2.45) is 0 Å². The van der Waals surface area contributed by atoms with Crippen molar-refractivity contribution in [1.29, 1.82) is 0 Å². The van der Waals surface area contributed by atoms with Crippen LogP contribution in [-0.4, -0.2) is 48.9 Å². The highest BCUT2D eigenvalue weighted by Gasteiger charge is 2.25. The molecule has 1 atom stereocenters. The minimum atomic E-state index is 0.243. The summed E-state index contributed by atoms with van der Waals surface area (Å²) in [5.74, 6) is 1.01. The predicted octanol–water partition coefficient (Wildman–Crippen LogP) is -1.05. The van der Waals surface area contributed by atoms with Crippen LogP contribution in [0.25, 0.3) is 0 Å². The summed E-state index contributed by atoms with van der Waals surface area (Å²) in [6.45, 7) is 1.27. The smallest absolute Gasteiger partial charge is 0.345 e. The Morgan fingerprint density at radius 3 is 2.67 bits per heavy atom. The summed E-state index contributed by atoms with van der Waals surface area (Å²) in [6.07, 6.45) is 2.25. The van der Waals surface area contributed by atoms with E-state index in [9.17, 15) is 0 Å². The molecule has 0 bridgehead atoms. The van der Waals surface area contributed by atoms with Crippen LogP contribution in [0.2, 0.25) is 0 Å². The Labute approximate surface area is 73.3 Å². The van der Waals surface area contributed by atoms with E-state index in [0.717, 1.165) is 25.3 Å². The summed E-state index contributed by atoms with van der Waals surface area (Å²) < 4.78 is 2.18. The van der Waals surface area contributed by atoms with E-state index in [1.165, 1.54) is 0 Å². The average Bonchev–Trinajstić information content (AvgIpc) is 2.55. The first-order valence-electron chi connectivity index (χ1n) is 4.43. The molecule has 0 saturated carbocycles. The Bertz CT molecular complexity index is 173. The van der Waals surface area contributed by atoms with Gasteiger partial charge in [0.25, 0.3) is 0 Å². The number of nitrogens with one attached hydrogen (secondary N) is 2. The van der Waals surface area contributed by atoms with Gasteiger partial charge < -0.3 is 5.11 Å². The van der Waals surface area contributed by atoms with Gasteiger partial charge in [-0.05, 0) is 12.8 Å². The largest absolute Gasteiger partial charge is 0.393 e. The van der Waals surface area contributed by atoms with Crippen molar-refractivity contribution in [1.82, 2.24) is 10.6 Å². The molecule has 4 nitrogen and oxygen atoms in total. The monoisotopic (exact) mass is 172 g/mol. The van der Waals surface area contributed by atoms with Crippen LogP contribution in [0.4, 0.5) is 0 Å². The summed E-state index contributed by atoms with van der Waals surface area (Å²) in [5, 5.41) is 15.2. The minimum Gasteiger partial charge on any atom is -0.393 e. The number of aliphatic hydroxyl groups excluding tert-OH is 1. The third-order valence-corrected chi connectivity index (χ3v) is 2.35. The maximum Gasteiger partial charge on any atom is 0.345 e. The van der Waals surface area contributed by atoms with Gasteiger partial charge in [0.05, 0.1) is 27.2 Å². The zero-order valence-electron chi connectivity index (χ0n) is 7.80. The summed E-state index contributed by atoms with van der Waals surface area (Å²) >= 11 is 0. The fourth-order valence-corrected chi connectivity index (χ4v) is 1.73. The van der Waals surface area contributed by atoms with Gasteiger partial charge in [-0.3, -0.25) is 15.2 Å². The normalized spacial score (nSPS) is 22.6. The molecule has 1 fully saturated rings. The van der Waals surface area contributed by atoms with E-state index >= 15 is 0 Å². The molecule has 0 spiro atoms. The Kier molecular flexibility index (Phi) is 3.34. The zero-order valence-corrected chi connectivity index (χ0v) is 7.80. The first-order chi connectivity index (χ1) is 5.83. The Hall–Kier alpha value is -0.770. The van der Waals surface area contributed by atoms with Crippen LogP contribution in [-0.2, 0) is 0 Å². The highest BCUT2D eigenvalue weighted by Crippen LogP contribution is 2.10. The first kappa shape index (κ1) is 9.32. The molecular weight excluding hydrogens is 154 g/mol. The number of aliphatic hydroxyl groups is 1. The summed E-state index contributed by atoms with van der Waals surface area (Å²) in [4.78, 5) is 0. The molecule has 4 heteroatoms. The lowest BCUT2D eigenvalue weighted by Gasteiger charge is -2.11. The highest BCUT2D eigenvalue weighted by atomic mass is 16.3. The van der Waals surface area contributed by atoms with Crippen molar-refractivity contribution < 1.29 is 9.68 Å². The maximum absolute atomic E-state index is 9.07. The van der Waals surface area contributed by atoms with Gasteiger partial charge >= 0.3 is 5.96 Å². The molecule has 1 saturated heterocycles. The Morgan fingerprint density at radius 2 is 2.17 bits per heavy atom. The zero-order chi connectivity index (χ0) is 8.97. The second-order valence-corrected chi connectivity index (χ2v) is 3.02. The molecule has 0 aromatic heterocycles. The first-order valence-corrected chi connectivity index (χ1v) is 4.43. The second-order valence-electron chi connectivity index (χ2n) is 3.02. The molecule has 0 aliphatic carbocycles. The maximum atomic E-state index is 9.07. The lowest BCUT2D eigenvalue weighted by Crippen LogP contribution is -2.43. The van der Waals surface area contributed by atoms with Gasteiger partial charge in [-0.1, -0.05) is 0 Å². The molecule has 1 rings (SSSR count). The molecule has 1 aliphatic heterocycles. The van der Waals surface area contributed by atoms with Crippen molar-refractivity contribution in [3.05, 3.63) is 0 Å². The molecule has 1 unspecified atom stereocenters. The van der Waals surface area contributed by atoms with Gasteiger partial charge in [0.2, 0.25) is 0 Å². The molecule has 0 radical (unpaired) electrons. The van der Waals surface area contributed by atoms with Crippen LogP contribution in [0.3, 0.4) is 0 Å².